The van der Waals surface area contributed by atoms with Crippen molar-refractivity contribution in [2.24, 2.45) is 0 Å². The molecule has 2 aliphatic heterocycles. The van der Waals surface area contributed by atoms with Crippen molar-refractivity contribution in [1.29, 1.82) is 0 Å². The maximum absolute atomic E-state index is 12.2. The van der Waals surface area contributed by atoms with Gasteiger partial charge in [-0.15, -0.1) is 0 Å². The Morgan fingerprint density at radius 3 is 2.82 bits per heavy atom. The van der Waals surface area contributed by atoms with Crippen LogP contribution in [0.4, 0.5) is 4.79 Å². The number of nitrogens with one attached hydrogen (secondary N) is 1. The maximum Gasteiger partial charge on any atom is 0.317 e. The van der Waals surface area contributed by atoms with Crippen LogP contribution in [0.1, 0.15) is 24.8 Å². The summed E-state index contributed by atoms with van der Waals surface area (Å²) in [6, 6.07) is 10.1. The molecule has 120 valence electrons. The number of likely N-dealkylation sites (tertiary alicyclic amines) is 1. The van der Waals surface area contributed by atoms with Gasteiger partial charge in [-0.1, -0.05) is 30.3 Å². The molecule has 1 aromatic rings. The maximum atomic E-state index is 12.2. The average molecular weight is 304 g/mol. The van der Waals surface area contributed by atoms with Crippen molar-refractivity contribution in [3.63, 3.8) is 0 Å². The lowest BCUT2D eigenvalue weighted by atomic mass is 10.1. The number of hydrogen-bond acceptors (Lipinski definition) is 3. The number of ether oxygens (including phenoxy) is 2. The summed E-state index contributed by atoms with van der Waals surface area (Å²) < 4.78 is 11.5. The van der Waals surface area contributed by atoms with Crippen molar-refractivity contribution in [2.45, 2.75) is 38.0 Å². The van der Waals surface area contributed by atoms with Crippen LogP contribution in [-0.2, 0) is 16.1 Å². The number of benzene rings is 1. The summed E-state index contributed by atoms with van der Waals surface area (Å²) in [5.74, 6) is 0. The Morgan fingerprint density at radius 1 is 1.27 bits per heavy atom. The molecule has 2 saturated heterocycles. The van der Waals surface area contributed by atoms with Gasteiger partial charge in [-0.3, -0.25) is 0 Å². The van der Waals surface area contributed by atoms with E-state index in [4.69, 9.17) is 9.47 Å². The number of hydrogen-bond donors (Lipinski definition) is 1. The molecule has 1 aromatic carbocycles. The molecule has 22 heavy (non-hydrogen) atoms. The van der Waals surface area contributed by atoms with Gasteiger partial charge >= 0.3 is 6.03 Å². The number of rotatable bonds is 4. The molecule has 0 bridgehead atoms. The Kier molecular flexibility index (Phi) is 5.29. The highest BCUT2D eigenvalue weighted by Crippen LogP contribution is 2.16. The summed E-state index contributed by atoms with van der Waals surface area (Å²) in [7, 11) is 0. The van der Waals surface area contributed by atoms with Crippen molar-refractivity contribution < 1.29 is 14.3 Å². The van der Waals surface area contributed by atoms with Crippen molar-refractivity contribution in [1.82, 2.24) is 10.2 Å². The lowest BCUT2D eigenvalue weighted by Crippen LogP contribution is -2.53. The Morgan fingerprint density at radius 2 is 2.05 bits per heavy atom. The van der Waals surface area contributed by atoms with E-state index < -0.39 is 0 Å². The Balaban J connectivity index is 1.53. The molecule has 2 heterocycles. The number of carbonyl (C=O) groups excluding carboxylic acids is 1. The monoisotopic (exact) mass is 304 g/mol. The van der Waals surface area contributed by atoms with E-state index in [0.717, 1.165) is 37.9 Å². The van der Waals surface area contributed by atoms with E-state index in [9.17, 15) is 4.79 Å². The molecule has 0 unspecified atom stereocenters. The number of urea groups is 1. The smallest absolute Gasteiger partial charge is 0.317 e. The topological polar surface area (TPSA) is 50.8 Å². The van der Waals surface area contributed by atoms with Crippen LogP contribution in [0, 0.1) is 0 Å². The van der Waals surface area contributed by atoms with E-state index in [0.29, 0.717) is 19.8 Å². The molecule has 5 nitrogen and oxygen atoms in total. The van der Waals surface area contributed by atoms with Crippen molar-refractivity contribution in [3.05, 3.63) is 35.9 Å². The first-order valence-electron chi connectivity index (χ1n) is 8.11. The van der Waals surface area contributed by atoms with Gasteiger partial charge in [0.25, 0.3) is 0 Å². The molecule has 2 atom stereocenters. The van der Waals surface area contributed by atoms with E-state index in [1.54, 1.807) is 0 Å². The fourth-order valence-electron chi connectivity index (χ4n) is 3.00. The third-order valence-corrected chi connectivity index (χ3v) is 4.30. The zero-order valence-corrected chi connectivity index (χ0v) is 12.9. The minimum absolute atomic E-state index is 0.0144. The quantitative estimate of drug-likeness (QED) is 0.927. The largest absolute Gasteiger partial charge is 0.379 e. The van der Waals surface area contributed by atoms with Gasteiger partial charge in [0, 0.05) is 19.7 Å². The fourth-order valence-corrected chi connectivity index (χ4v) is 3.00. The van der Waals surface area contributed by atoms with Gasteiger partial charge in [0.1, 0.15) is 0 Å². The molecule has 2 aliphatic rings. The summed E-state index contributed by atoms with van der Waals surface area (Å²) >= 11 is 0. The number of nitrogens with zero attached hydrogens (tertiary/aromatic N) is 1. The predicted molar refractivity (Wildman–Crippen MR) is 83.6 cm³/mol. The summed E-state index contributed by atoms with van der Waals surface area (Å²) in [5, 5.41) is 3.08. The SMILES string of the molecule is O=C(N[C@@H]1COCC[C@@H]1OCc1ccccc1)N1CCCC1. The average Bonchev–Trinajstić information content (AvgIpc) is 3.10. The highest BCUT2D eigenvalue weighted by atomic mass is 16.5. The van der Waals surface area contributed by atoms with Crippen LogP contribution in [0.3, 0.4) is 0 Å². The molecule has 3 rings (SSSR count). The van der Waals surface area contributed by atoms with Gasteiger partial charge in [0.15, 0.2) is 0 Å². The van der Waals surface area contributed by atoms with Gasteiger partial charge in [0.05, 0.1) is 25.4 Å². The minimum atomic E-state index is -0.0643. The highest BCUT2D eigenvalue weighted by Gasteiger charge is 2.30. The van der Waals surface area contributed by atoms with E-state index in [-0.39, 0.29) is 18.2 Å². The predicted octanol–water partition coefficient (Wildman–Crippen LogP) is 2.17. The standard InChI is InChI=1S/C17H24N2O3/c20-17(19-9-4-5-10-19)18-15-13-21-11-8-16(15)22-12-14-6-2-1-3-7-14/h1-3,6-7,15-16H,4-5,8-13H2,(H,18,20)/t15-,16+/m1/s1. The number of amides is 2. The summed E-state index contributed by atoms with van der Waals surface area (Å²) in [5.41, 5.74) is 1.15. The van der Waals surface area contributed by atoms with Crippen LogP contribution in [0.25, 0.3) is 0 Å². The van der Waals surface area contributed by atoms with Crippen molar-refractivity contribution in [3.8, 4) is 0 Å². The lowest BCUT2D eigenvalue weighted by Gasteiger charge is -2.33. The second-order valence-electron chi connectivity index (χ2n) is 5.95. The minimum Gasteiger partial charge on any atom is -0.379 e. The Bertz CT molecular complexity index is 474. The lowest BCUT2D eigenvalue weighted by molar-refractivity contribution is -0.0603. The first-order valence-corrected chi connectivity index (χ1v) is 8.11. The molecule has 2 fully saturated rings. The summed E-state index contributed by atoms with van der Waals surface area (Å²) in [6.45, 7) is 3.50. The van der Waals surface area contributed by atoms with Crippen LogP contribution in [-0.4, -0.2) is 49.4 Å². The van der Waals surface area contributed by atoms with Gasteiger partial charge in [-0.2, -0.15) is 0 Å². The van der Waals surface area contributed by atoms with Crippen LogP contribution in [0.15, 0.2) is 30.3 Å². The van der Waals surface area contributed by atoms with Gasteiger partial charge < -0.3 is 19.7 Å². The van der Waals surface area contributed by atoms with Crippen LogP contribution < -0.4 is 5.32 Å². The molecule has 2 amide bonds. The van der Waals surface area contributed by atoms with Crippen molar-refractivity contribution >= 4 is 6.03 Å². The van der Waals surface area contributed by atoms with E-state index in [1.165, 1.54) is 0 Å². The molecular formula is C17H24N2O3. The molecule has 0 aliphatic carbocycles. The summed E-state index contributed by atoms with van der Waals surface area (Å²) in [4.78, 5) is 14.1. The van der Waals surface area contributed by atoms with Crippen molar-refractivity contribution in [2.75, 3.05) is 26.3 Å². The molecule has 0 spiro atoms. The highest BCUT2D eigenvalue weighted by molar-refractivity contribution is 5.74. The molecular weight excluding hydrogens is 280 g/mol. The third kappa shape index (κ3) is 3.99. The first kappa shape index (κ1) is 15.3. The molecule has 1 N–H and O–H groups in total. The van der Waals surface area contributed by atoms with Crippen LogP contribution in [0.2, 0.25) is 0 Å². The van der Waals surface area contributed by atoms with Gasteiger partial charge in [-0.05, 0) is 24.8 Å². The summed E-state index contributed by atoms with van der Waals surface area (Å²) in [6.07, 6.45) is 3.03. The van der Waals surface area contributed by atoms with E-state index in [2.05, 4.69) is 17.4 Å². The molecule has 5 heteroatoms. The van der Waals surface area contributed by atoms with Crippen LogP contribution in [0.5, 0.6) is 0 Å². The second kappa shape index (κ2) is 7.61. The fraction of sp³-hybridized carbons (Fsp3) is 0.588. The zero-order valence-electron chi connectivity index (χ0n) is 12.9. The normalized spacial score (nSPS) is 25.2. The Hall–Kier alpha value is -1.59. The Labute approximate surface area is 131 Å². The number of carbonyl (C=O) groups is 1. The zero-order chi connectivity index (χ0) is 15.2. The third-order valence-electron chi connectivity index (χ3n) is 4.30. The van der Waals surface area contributed by atoms with E-state index in [1.807, 2.05) is 23.1 Å². The van der Waals surface area contributed by atoms with Gasteiger partial charge in [-0.25, -0.2) is 4.79 Å². The molecule has 0 saturated carbocycles. The van der Waals surface area contributed by atoms with Gasteiger partial charge in [0.2, 0.25) is 0 Å². The molecule has 0 aromatic heterocycles. The second-order valence-corrected chi connectivity index (χ2v) is 5.95. The van der Waals surface area contributed by atoms with E-state index >= 15 is 0 Å². The first-order chi connectivity index (χ1) is 10.8. The van der Waals surface area contributed by atoms with Crippen LogP contribution >= 0.6 is 0 Å². The molecule has 0 radical (unpaired) electrons.